The van der Waals surface area contributed by atoms with E-state index in [1.807, 2.05) is 0 Å². The van der Waals surface area contributed by atoms with Gasteiger partial charge in [-0.1, -0.05) is 6.07 Å². The van der Waals surface area contributed by atoms with Crippen LogP contribution in [0.5, 0.6) is 0 Å². The molecule has 2 N–H and O–H groups in total. The number of nitrogens with zero attached hydrogens (tertiary/aromatic N) is 1. The molecule has 0 fully saturated rings. The van der Waals surface area contributed by atoms with E-state index in [9.17, 15) is 14.4 Å². The first kappa shape index (κ1) is 14.5. The van der Waals surface area contributed by atoms with E-state index < -0.39 is 31.0 Å². The molecule has 1 aromatic rings. The molecule has 0 spiro atoms. The van der Waals surface area contributed by atoms with Crippen molar-refractivity contribution in [2.75, 3.05) is 25.1 Å². The normalized spacial score (nSPS) is 9.74. The van der Waals surface area contributed by atoms with Crippen LogP contribution in [-0.2, 0) is 14.3 Å². The Labute approximate surface area is 109 Å². The van der Waals surface area contributed by atoms with Crippen LogP contribution in [0.3, 0.4) is 0 Å². The number of ether oxygens (including phenoxy) is 1. The molecule has 102 valence electrons. The second-order valence-corrected chi connectivity index (χ2v) is 3.69. The lowest BCUT2D eigenvalue weighted by molar-refractivity contribution is -0.136. The molecule has 0 aliphatic rings. The summed E-state index contributed by atoms with van der Waals surface area (Å²) in [4.78, 5) is 33.9. The van der Waals surface area contributed by atoms with Crippen LogP contribution < -0.4 is 4.90 Å². The predicted molar refractivity (Wildman–Crippen MR) is 65.3 cm³/mol. The van der Waals surface area contributed by atoms with Crippen molar-refractivity contribution in [2.45, 2.75) is 0 Å². The first-order valence-electron chi connectivity index (χ1n) is 5.31. The third-order valence-corrected chi connectivity index (χ3v) is 2.28. The lowest BCUT2D eigenvalue weighted by Crippen LogP contribution is -2.34. The second-order valence-electron chi connectivity index (χ2n) is 3.69. The van der Waals surface area contributed by atoms with Gasteiger partial charge in [-0.3, -0.25) is 9.59 Å². The third-order valence-electron chi connectivity index (χ3n) is 2.28. The fourth-order valence-corrected chi connectivity index (χ4v) is 1.51. The predicted octanol–water partition coefficient (Wildman–Crippen LogP) is 0.449. The zero-order valence-electron chi connectivity index (χ0n) is 10.2. The molecule has 0 aliphatic heterocycles. The molecule has 19 heavy (non-hydrogen) atoms. The van der Waals surface area contributed by atoms with Gasteiger partial charge in [0, 0.05) is 5.69 Å². The Hall–Kier alpha value is -2.57. The van der Waals surface area contributed by atoms with Gasteiger partial charge in [0.15, 0.2) is 0 Å². The van der Waals surface area contributed by atoms with Gasteiger partial charge in [-0.25, -0.2) is 4.79 Å². The summed E-state index contributed by atoms with van der Waals surface area (Å²) in [7, 11) is 1.22. The SMILES string of the molecule is COC(=O)c1cccc(N(CC(=O)O)CC(=O)O)c1. The van der Waals surface area contributed by atoms with Gasteiger partial charge in [0.05, 0.1) is 12.7 Å². The van der Waals surface area contributed by atoms with Crippen molar-refractivity contribution in [3.8, 4) is 0 Å². The molecule has 0 amide bonds. The Morgan fingerprint density at radius 1 is 1.16 bits per heavy atom. The number of carbonyl (C=O) groups excluding carboxylic acids is 1. The highest BCUT2D eigenvalue weighted by molar-refractivity contribution is 5.91. The lowest BCUT2D eigenvalue weighted by atomic mass is 10.2. The van der Waals surface area contributed by atoms with Crippen molar-refractivity contribution < 1.29 is 29.3 Å². The van der Waals surface area contributed by atoms with Crippen LogP contribution in [0, 0.1) is 0 Å². The number of carbonyl (C=O) groups is 3. The molecule has 0 saturated heterocycles. The van der Waals surface area contributed by atoms with E-state index in [1.54, 1.807) is 0 Å². The van der Waals surface area contributed by atoms with E-state index in [2.05, 4.69) is 4.74 Å². The molecule has 0 aliphatic carbocycles. The van der Waals surface area contributed by atoms with Crippen molar-refractivity contribution in [2.24, 2.45) is 0 Å². The molecule has 1 aromatic carbocycles. The maximum Gasteiger partial charge on any atom is 0.337 e. The van der Waals surface area contributed by atoms with E-state index in [0.717, 1.165) is 4.90 Å². The quantitative estimate of drug-likeness (QED) is 0.721. The average Bonchev–Trinajstić information content (AvgIpc) is 2.36. The fourth-order valence-electron chi connectivity index (χ4n) is 1.51. The summed E-state index contributed by atoms with van der Waals surface area (Å²) in [5.74, 6) is -2.90. The highest BCUT2D eigenvalue weighted by Gasteiger charge is 2.16. The molecule has 0 aromatic heterocycles. The van der Waals surface area contributed by atoms with Gasteiger partial charge in [-0.15, -0.1) is 0 Å². The van der Waals surface area contributed by atoms with Crippen LogP contribution in [0.1, 0.15) is 10.4 Å². The van der Waals surface area contributed by atoms with Gasteiger partial charge in [0.2, 0.25) is 0 Å². The van der Waals surface area contributed by atoms with Gasteiger partial charge in [-0.05, 0) is 18.2 Å². The number of benzene rings is 1. The molecular formula is C12H13NO6. The smallest absolute Gasteiger partial charge is 0.337 e. The molecule has 0 saturated carbocycles. The maximum absolute atomic E-state index is 11.4. The monoisotopic (exact) mass is 267 g/mol. The number of aliphatic carboxylic acids is 2. The van der Waals surface area contributed by atoms with E-state index in [4.69, 9.17) is 10.2 Å². The van der Waals surface area contributed by atoms with Crippen LogP contribution in [0.4, 0.5) is 5.69 Å². The Kier molecular flexibility index (Phi) is 4.87. The maximum atomic E-state index is 11.4. The molecule has 0 radical (unpaired) electrons. The summed E-state index contributed by atoms with van der Waals surface area (Å²) in [5.41, 5.74) is 0.550. The van der Waals surface area contributed by atoms with Crippen LogP contribution in [0.15, 0.2) is 24.3 Å². The minimum atomic E-state index is -1.16. The molecule has 0 atom stereocenters. The summed E-state index contributed by atoms with van der Waals surface area (Å²) in [6, 6.07) is 5.93. The molecular weight excluding hydrogens is 254 g/mol. The van der Waals surface area contributed by atoms with E-state index in [1.165, 1.54) is 31.4 Å². The van der Waals surface area contributed by atoms with Gasteiger partial charge in [-0.2, -0.15) is 0 Å². The summed E-state index contributed by atoms with van der Waals surface area (Å²) >= 11 is 0. The van der Waals surface area contributed by atoms with Gasteiger partial charge in [0.1, 0.15) is 13.1 Å². The summed E-state index contributed by atoms with van der Waals surface area (Å²) in [6.45, 7) is -0.951. The minimum Gasteiger partial charge on any atom is -0.480 e. The number of esters is 1. The molecule has 0 heterocycles. The molecule has 0 bridgehead atoms. The lowest BCUT2D eigenvalue weighted by Gasteiger charge is -2.20. The van der Waals surface area contributed by atoms with Crippen LogP contribution in [0.2, 0.25) is 0 Å². The standard InChI is InChI=1S/C12H13NO6/c1-19-12(18)8-3-2-4-9(5-8)13(6-10(14)15)7-11(16)17/h2-5H,6-7H2,1H3,(H,14,15)(H,16,17). The van der Waals surface area contributed by atoms with Crippen molar-refractivity contribution in [3.05, 3.63) is 29.8 Å². The van der Waals surface area contributed by atoms with Crippen molar-refractivity contribution in [3.63, 3.8) is 0 Å². The first-order chi connectivity index (χ1) is 8.93. The van der Waals surface area contributed by atoms with E-state index in [-0.39, 0.29) is 5.56 Å². The van der Waals surface area contributed by atoms with E-state index in [0.29, 0.717) is 5.69 Å². The third kappa shape index (κ3) is 4.30. The summed E-state index contributed by atoms with van der Waals surface area (Å²) in [6.07, 6.45) is 0. The number of hydrogen-bond acceptors (Lipinski definition) is 5. The van der Waals surface area contributed by atoms with Crippen molar-refractivity contribution in [1.82, 2.24) is 0 Å². The number of carboxylic acid groups (broad SMARTS) is 2. The number of methoxy groups -OCH3 is 1. The van der Waals surface area contributed by atoms with Gasteiger partial charge < -0.3 is 19.8 Å². The zero-order valence-corrected chi connectivity index (χ0v) is 10.2. The molecule has 1 rings (SSSR count). The van der Waals surface area contributed by atoms with Crippen LogP contribution in [-0.4, -0.2) is 48.3 Å². The fraction of sp³-hybridized carbons (Fsp3) is 0.250. The molecule has 7 nitrogen and oxygen atoms in total. The van der Waals surface area contributed by atoms with Crippen molar-refractivity contribution in [1.29, 1.82) is 0 Å². The average molecular weight is 267 g/mol. The van der Waals surface area contributed by atoms with E-state index >= 15 is 0 Å². The topological polar surface area (TPSA) is 104 Å². The van der Waals surface area contributed by atoms with Gasteiger partial charge >= 0.3 is 17.9 Å². The molecule has 0 unspecified atom stereocenters. The first-order valence-corrected chi connectivity index (χ1v) is 5.31. The summed E-state index contributed by atoms with van der Waals surface area (Å²) < 4.78 is 4.54. The Morgan fingerprint density at radius 2 is 1.74 bits per heavy atom. The number of hydrogen-bond donors (Lipinski definition) is 2. The highest BCUT2D eigenvalue weighted by Crippen LogP contribution is 2.16. The Bertz CT molecular complexity index is 483. The van der Waals surface area contributed by atoms with Crippen LogP contribution in [0.25, 0.3) is 0 Å². The number of anilines is 1. The minimum absolute atomic E-state index is 0.223. The van der Waals surface area contributed by atoms with Crippen molar-refractivity contribution >= 4 is 23.6 Å². The second kappa shape index (κ2) is 6.39. The van der Waals surface area contributed by atoms with Crippen LogP contribution >= 0.6 is 0 Å². The highest BCUT2D eigenvalue weighted by atomic mass is 16.5. The van der Waals surface area contributed by atoms with Gasteiger partial charge in [0.25, 0.3) is 0 Å². The Morgan fingerprint density at radius 3 is 2.21 bits per heavy atom. The number of rotatable bonds is 6. The summed E-state index contributed by atoms with van der Waals surface area (Å²) in [5, 5.41) is 17.5. The largest absolute Gasteiger partial charge is 0.480 e. The Balaban J connectivity index is 3.04. The molecule has 7 heteroatoms. The zero-order chi connectivity index (χ0) is 14.4. The number of carboxylic acids is 2.